The first kappa shape index (κ1) is 14.1. The van der Waals surface area contributed by atoms with E-state index in [0.29, 0.717) is 0 Å². The van der Waals surface area contributed by atoms with Crippen molar-refractivity contribution >= 4 is 19.0 Å². The molecule has 1 aromatic rings. The Balaban J connectivity index is 3.22. The molecule has 1 nitrogen and oxygen atoms in total. The summed E-state index contributed by atoms with van der Waals surface area (Å²) < 4.78 is 0. The molecule has 0 aliphatic heterocycles. The van der Waals surface area contributed by atoms with E-state index in [0.717, 1.165) is 12.0 Å². The zero-order valence-corrected chi connectivity index (χ0v) is 11.9. The van der Waals surface area contributed by atoms with Crippen LogP contribution in [-0.2, 0) is 5.41 Å². The van der Waals surface area contributed by atoms with Gasteiger partial charge in [-0.1, -0.05) is 44.8 Å². The van der Waals surface area contributed by atoms with Gasteiger partial charge in [-0.2, -0.15) is 0 Å². The Bertz CT molecular complexity index is 371. The SMILES string of the molecule is [B]c1ccc(C(C)(C)CCC)c(N(C)CC)c1. The molecule has 0 fully saturated rings. The lowest BCUT2D eigenvalue weighted by Crippen LogP contribution is -2.26. The topological polar surface area (TPSA) is 3.24 Å². The number of hydrogen-bond acceptors (Lipinski definition) is 1. The van der Waals surface area contributed by atoms with Crippen LogP contribution in [0.25, 0.3) is 0 Å². The molecule has 2 heteroatoms. The predicted molar refractivity (Wildman–Crippen MR) is 78.7 cm³/mol. The third-order valence-corrected chi connectivity index (χ3v) is 3.51. The summed E-state index contributed by atoms with van der Waals surface area (Å²) in [6.45, 7) is 10.0. The Morgan fingerprint density at radius 2 is 1.88 bits per heavy atom. The lowest BCUT2D eigenvalue weighted by atomic mass is 9.78. The molecule has 0 saturated carbocycles. The summed E-state index contributed by atoms with van der Waals surface area (Å²) >= 11 is 0. The highest BCUT2D eigenvalue weighted by Crippen LogP contribution is 2.34. The molecule has 0 bridgehead atoms. The highest BCUT2D eigenvalue weighted by atomic mass is 15.1. The van der Waals surface area contributed by atoms with Gasteiger partial charge in [-0.05, 0) is 30.4 Å². The molecule has 0 saturated heterocycles. The molecule has 17 heavy (non-hydrogen) atoms. The largest absolute Gasteiger partial charge is 0.375 e. The van der Waals surface area contributed by atoms with E-state index in [-0.39, 0.29) is 5.41 Å². The summed E-state index contributed by atoms with van der Waals surface area (Å²) in [5.74, 6) is 0. The number of rotatable bonds is 5. The van der Waals surface area contributed by atoms with Crippen LogP contribution in [0.1, 0.15) is 46.1 Å². The average Bonchev–Trinajstić information content (AvgIpc) is 2.27. The second kappa shape index (κ2) is 5.62. The van der Waals surface area contributed by atoms with Gasteiger partial charge >= 0.3 is 0 Å². The van der Waals surface area contributed by atoms with Gasteiger partial charge in [-0.3, -0.25) is 0 Å². The fourth-order valence-electron chi connectivity index (χ4n) is 2.37. The van der Waals surface area contributed by atoms with Crippen molar-refractivity contribution in [2.24, 2.45) is 0 Å². The Hall–Kier alpha value is -0.915. The van der Waals surface area contributed by atoms with Crippen LogP contribution in [0, 0.1) is 0 Å². The molecule has 0 aliphatic carbocycles. The summed E-state index contributed by atoms with van der Waals surface area (Å²) in [6, 6.07) is 6.29. The summed E-state index contributed by atoms with van der Waals surface area (Å²) in [5.41, 5.74) is 3.72. The van der Waals surface area contributed by atoms with Gasteiger partial charge in [0.1, 0.15) is 7.85 Å². The molecule has 0 amide bonds. The molecule has 0 aromatic heterocycles. The van der Waals surface area contributed by atoms with Crippen molar-refractivity contribution < 1.29 is 0 Å². The summed E-state index contributed by atoms with van der Waals surface area (Å²) in [7, 11) is 8.04. The number of benzene rings is 1. The fourth-order valence-corrected chi connectivity index (χ4v) is 2.37. The van der Waals surface area contributed by atoms with E-state index in [1.54, 1.807) is 0 Å². The maximum Gasteiger partial charge on any atom is 0.113 e. The molecule has 0 unspecified atom stereocenters. The van der Waals surface area contributed by atoms with Crippen LogP contribution >= 0.6 is 0 Å². The summed E-state index contributed by atoms with van der Waals surface area (Å²) in [6.07, 6.45) is 2.40. The van der Waals surface area contributed by atoms with Gasteiger partial charge < -0.3 is 4.90 Å². The molecule has 1 aromatic carbocycles. The smallest absolute Gasteiger partial charge is 0.113 e. The maximum atomic E-state index is 5.91. The van der Waals surface area contributed by atoms with Gasteiger partial charge in [0.2, 0.25) is 0 Å². The van der Waals surface area contributed by atoms with Gasteiger partial charge in [0.05, 0.1) is 0 Å². The third kappa shape index (κ3) is 3.27. The van der Waals surface area contributed by atoms with Gasteiger partial charge in [0.25, 0.3) is 0 Å². The van der Waals surface area contributed by atoms with Crippen molar-refractivity contribution in [3.63, 3.8) is 0 Å². The monoisotopic (exact) mass is 229 g/mol. The van der Waals surface area contributed by atoms with E-state index in [1.165, 1.54) is 24.1 Å². The zero-order chi connectivity index (χ0) is 13.1. The molecular formula is C15H24BN. The second-order valence-corrected chi connectivity index (χ2v) is 5.42. The highest BCUT2D eigenvalue weighted by molar-refractivity contribution is 6.32. The van der Waals surface area contributed by atoms with E-state index < -0.39 is 0 Å². The van der Waals surface area contributed by atoms with Crippen LogP contribution < -0.4 is 10.4 Å². The molecule has 0 aliphatic rings. The van der Waals surface area contributed by atoms with Crippen LogP contribution in [0.15, 0.2) is 18.2 Å². The summed E-state index contributed by atoms with van der Waals surface area (Å²) in [4.78, 5) is 2.27. The van der Waals surface area contributed by atoms with Crippen LogP contribution in [0.3, 0.4) is 0 Å². The Kier molecular flexibility index (Phi) is 4.67. The lowest BCUT2D eigenvalue weighted by Gasteiger charge is -2.31. The minimum absolute atomic E-state index is 0.210. The lowest BCUT2D eigenvalue weighted by molar-refractivity contribution is 0.473. The second-order valence-electron chi connectivity index (χ2n) is 5.42. The molecule has 0 N–H and O–H groups in total. The van der Waals surface area contributed by atoms with E-state index in [1.807, 2.05) is 6.07 Å². The van der Waals surface area contributed by atoms with Crippen LogP contribution in [0.4, 0.5) is 5.69 Å². The highest BCUT2D eigenvalue weighted by Gasteiger charge is 2.23. The summed E-state index contributed by atoms with van der Waals surface area (Å²) in [5, 5.41) is 0. The molecule has 2 radical (unpaired) electrons. The van der Waals surface area contributed by atoms with Gasteiger partial charge in [0, 0.05) is 19.3 Å². The molecule has 92 valence electrons. The van der Waals surface area contributed by atoms with Crippen molar-refractivity contribution in [3.05, 3.63) is 23.8 Å². The number of hydrogen-bond donors (Lipinski definition) is 0. The fraction of sp³-hybridized carbons (Fsp3) is 0.600. The molecule has 1 rings (SSSR count). The quantitative estimate of drug-likeness (QED) is 0.701. The minimum Gasteiger partial charge on any atom is -0.375 e. The van der Waals surface area contributed by atoms with Gasteiger partial charge in [-0.25, -0.2) is 0 Å². The number of nitrogens with zero attached hydrogens (tertiary/aromatic N) is 1. The first-order valence-corrected chi connectivity index (χ1v) is 6.53. The van der Waals surface area contributed by atoms with Gasteiger partial charge in [0.15, 0.2) is 0 Å². The van der Waals surface area contributed by atoms with E-state index in [9.17, 15) is 0 Å². The van der Waals surface area contributed by atoms with Crippen LogP contribution in [0.5, 0.6) is 0 Å². The molecule has 0 spiro atoms. The Morgan fingerprint density at radius 1 is 1.24 bits per heavy atom. The van der Waals surface area contributed by atoms with Gasteiger partial charge in [-0.15, -0.1) is 0 Å². The van der Waals surface area contributed by atoms with Crippen LogP contribution in [-0.4, -0.2) is 21.4 Å². The van der Waals surface area contributed by atoms with Crippen molar-refractivity contribution in [2.45, 2.75) is 46.0 Å². The van der Waals surface area contributed by atoms with E-state index >= 15 is 0 Å². The van der Waals surface area contributed by atoms with Crippen molar-refractivity contribution in [1.29, 1.82) is 0 Å². The maximum absolute atomic E-state index is 5.91. The number of anilines is 1. The van der Waals surface area contributed by atoms with Crippen molar-refractivity contribution in [3.8, 4) is 0 Å². The van der Waals surface area contributed by atoms with Crippen LogP contribution in [0.2, 0.25) is 0 Å². The van der Waals surface area contributed by atoms with Crippen molar-refractivity contribution in [1.82, 2.24) is 0 Å². The zero-order valence-electron chi connectivity index (χ0n) is 11.9. The van der Waals surface area contributed by atoms with Crippen molar-refractivity contribution in [2.75, 3.05) is 18.5 Å². The average molecular weight is 229 g/mol. The normalized spacial score (nSPS) is 11.6. The first-order chi connectivity index (χ1) is 7.92. The van der Waals surface area contributed by atoms with E-state index in [2.05, 4.69) is 51.8 Å². The van der Waals surface area contributed by atoms with E-state index in [4.69, 9.17) is 7.85 Å². The minimum atomic E-state index is 0.210. The first-order valence-electron chi connectivity index (χ1n) is 6.53. The standard InChI is InChI=1S/C15H24BN/c1-6-10-15(3,4)13-9-8-12(16)11-14(13)17(5)7-2/h8-9,11H,6-7,10H2,1-5H3. The third-order valence-electron chi connectivity index (χ3n) is 3.51. The molecular weight excluding hydrogens is 205 g/mol. The molecule has 0 heterocycles. The predicted octanol–water partition coefficient (Wildman–Crippen LogP) is 3.01. The molecule has 0 atom stereocenters. The Labute approximate surface area is 108 Å². The Morgan fingerprint density at radius 3 is 2.41 bits per heavy atom.